The smallest absolute Gasteiger partial charge is 0.326 e. The first kappa shape index (κ1) is 20.7. The molecule has 9 nitrogen and oxygen atoms in total. The summed E-state index contributed by atoms with van der Waals surface area (Å²) in [7, 11) is 0. The van der Waals surface area contributed by atoms with Gasteiger partial charge in [0.05, 0.1) is 6.61 Å². The topological polar surface area (TPSA) is 168 Å². The van der Waals surface area contributed by atoms with Crippen LogP contribution >= 0.6 is 0 Å². The molecule has 22 heavy (non-hydrogen) atoms. The molecule has 1 amide bonds. The van der Waals surface area contributed by atoms with Crippen LogP contribution in [0, 0.1) is 5.92 Å². The Morgan fingerprint density at radius 2 is 1.55 bits per heavy atom. The highest BCUT2D eigenvalue weighted by Gasteiger charge is 2.35. The van der Waals surface area contributed by atoms with Crippen molar-refractivity contribution in [2.75, 3.05) is 6.61 Å². The third-order valence-electron chi connectivity index (χ3n) is 3.17. The lowest BCUT2D eigenvalue weighted by molar-refractivity contribution is -0.153. The Morgan fingerprint density at radius 1 is 1.00 bits per heavy atom. The first-order valence-electron chi connectivity index (χ1n) is 6.98. The summed E-state index contributed by atoms with van der Waals surface area (Å²) in [5.41, 5.74) is 0. The Hall–Kier alpha value is -1.26. The van der Waals surface area contributed by atoms with Crippen molar-refractivity contribution in [1.29, 1.82) is 0 Å². The van der Waals surface area contributed by atoms with Crippen LogP contribution in [0.15, 0.2) is 0 Å². The molecule has 7 N–H and O–H groups in total. The van der Waals surface area contributed by atoms with Gasteiger partial charge >= 0.3 is 5.97 Å². The molecule has 130 valence electrons. The molecule has 0 rings (SSSR count). The number of aliphatic hydroxyl groups excluding tert-OH is 5. The number of carboxylic acid groups (broad SMARTS) is 1. The maximum atomic E-state index is 11.7. The molecular formula is C13H25NO8. The first-order chi connectivity index (χ1) is 10.1. The lowest BCUT2D eigenvalue weighted by Gasteiger charge is -2.26. The van der Waals surface area contributed by atoms with Crippen molar-refractivity contribution in [3.8, 4) is 0 Å². The van der Waals surface area contributed by atoms with E-state index in [2.05, 4.69) is 5.32 Å². The maximum absolute atomic E-state index is 11.7. The summed E-state index contributed by atoms with van der Waals surface area (Å²) < 4.78 is 0. The van der Waals surface area contributed by atoms with Crippen molar-refractivity contribution < 1.29 is 40.2 Å². The molecule has 0 aliphatic carbocycles. The average molecular weight is 323 g/mol. The SMILES string of the molecule is CC(C)CCC(NC(=O)C(O)C(O)C(O)C(O)CO)C(=O)O. The highest BCUT2D eigenvalue weighted by atomic mass is 16.4. The minimum atomic E-state index is -2.14. The van der Waals surface area contributed by atoms with Crippen LogP contribution in [0.25, 0.3) is 0 Å². The zero-order chi connectivity index (χ0) is 17.4. The Morgan fingerprint density at radius 3 is 1.95 bits per heavy atom. The zero-order valence-corrected chi connectivity index (χ0v) is 12.6. The van der Waals surface area contributed by atoms with Gasteiger partial charge in [-0.1, -0.05) is 13.8 Å². The van der Waals surface area contributed by atoms with Crippen LogP contribution in [0.3, 0.4) is 0 Å². The summed E-state index contributed by atoms with van der Waals surface area (Å²) in [5.74, 6) is -2.25. The van der Waals surface area contributed by atoms with Gasteiger partial charge in [-0.05, 0) is 18.8 Å². The van der Waals surface area contributed by atoms with Crippen molar-refractivity contribution in [2.24, 2.45) is 5.92 Å². The number of aliphatic hydroxyl groups is 5. The summed E-state index contributed by atoms with van der Waals surface area (Å²) in [6, 6.07) is -1.24. The van der Waals surface area contributed by atoms with E-state index in [1.165, 1.54) is 0 Å². The number of hydrogen-bond acceptors (Lipinski definition) is 7. The van der Waals surface area contributed by atoms with Crippen molar-refractivity contribution in [3.63, 3.8) is 0 Å². The Labute approximate surface area is 128 Å². The van der Waals surface area contributed by atoms with E-state index in [0.29, 0.717) is 6.42 Å². The number of carbonyl (C=O) groups excluding carboxylic acids is 1. The molecule has 0 bridgehead atoms. The molecule has 0 radical (unpaired) electrons. The number of aliphatic carboxylic acids is 1. The van der Waals surface area contributed by atoms with Gasteiger partial charge in [0.2, 0.25) is 0 Å². The quantitative estimate of drug-likeness (QED) is 0.230. The van der Waals surface area contributed by atoms with E-state index in [9.17, 15) is 24.9 Å². The molecule has 0 saturated carbocycles. The molecule has 0 aromatic heterocycles. The second kappa shape index (κ2) is 9.70. The van der Waals surface area contributed by atoms with E-state index in [4.69, 9.17) is 15.3 Å². The minimum Gasteiger partial charge on any atom is -0.480 e. The summed E-state index contributed by atoms with van der Waals surface area (Å²) >= 11 is 0. The fourth-order valence-electron chi connectivity index (χ4n) is 1.69. The van der Waals surface area contributed by atoms with Gasteiger partial charge in [0.15, 0.2) is 6.10 Å². The standard InChI is InChI=1S/C13H25NO8/c1-6(2)3-4-7(13(21)22)14-12(20)11(19)10(18)9(17)8(16)5-15/h6-11,15-19H,3-5H2,1-2H3,(H,14,20)(H,21,22). The number of amides is 1. The maximum Gasteiger partial charge on any atom is 0.326 e. The van der Waals surface area contributed by atoms with Gasteiger partial charge in [0, 0.05) is 0 Å². The molecule has 0 heterocycles. The number of rotatable bonds is 10. The van der Waals surface area contributed by atoms with Gasteiger partial charge in [-0.25, -0.2) is 4.79 Å². The van der Waals surface area contributed by atoms with Gasteiger partial charge in [-0.2, -0.15) is 0 Å². The first-order valence-corrected chi connectivity index (χ1v) is 6.98. The van der Waals surface area contributed by atoms with Gasteiger partial charge in [0.1, 0.15) is 24.4 Å². The molecule has 0 spiro atoms. The van der Waals surface area contributed by atoms with Crippen LogP contribution in [-0.2, 0) is 9.59 Å². The van der Waals surface area contributed by atoms with E-state index < -0.39 is 48.9 Å². The molecule has 0 aliphatic heterocycles. The summed E-state index contributed by atoms with van der Waals surface area (Å²) in [6.45, 7) is 2.89. The Balaban J connectivity index is 4.68. The molecule has 9 heteroatoms. The van der Waals surface area contributed by atoms with Crippen LogP contribution in [0.5, 0.6) is 0 Å². The van der Waals surface area contributed by atoms with Crippen LogP contribution in [0.4, 0.5) is 0 Å². The van der Waals surface area contributed by atoms with Gasteiger partial charge in [0.25, 0.3) is 5.91 Å². The number of nitrogens with one attached hydrogen (secondary N) is 1. The van der Waals surface area contributed by atoms with Crippen molar-refractivity contribution >= 4 is 11.9 Å². The lowest BCUT2D eigenvalue weighted by Crippen LogP contribution is -2.54. The molecule has 5 atom stereocenters. The minimum absolute atomic E-state index is 0.142. The monoisotopic (exact) mass is 323 g/mol. The van der Waals surface area contributed by atoms with Gasteiger partial charge < -0.3 is 36.0 Å². The predicted molar refractivity (Wildman–Crippen MR) is 74.8 cm³/mol. The van der Waals surface area contributed by atoms with Crippen molar-refractivity contribution in [2.45, 2.75) is 57.1 Å². The molecule has 0 aromatic carbocycles. The fourth-order valence-corrected chi connectivity index (χ4v) is 1.69. The molecule has 0 fully saturated rings. The third kappa shape index (κ3) is 6.67. The average Bonchev–Trinajstić information content (AvgIpc) is 2.47. The lowest BCUT2D eigenvalue weighted by atomic mass is 10.0. The van der Waals surface area contributed by atoms with E-state index in [0.717, 1.165) is 0 Å². The van der Waals surface area contributed by atoms with E-state index in [1.807, 2.05) is 13.8 Å². The zero-order valence-electron chi connectivity index (χ0n) is 12.6. The Bertz CT molecular complexity index is 362. The third-order valence-corrected chi connectivity index (χ3v) is 3.17. The number of carbonyl (C=O) groups is 2. The summed E-state index contributed by atoms with van der Waals surface area (Å²) in [4.78, 5) is 22.8. The van der Waals surface area contributed by atoms with Gasteiger partial charge in [-0.15, -0.1) is 0 Å². The van der Waals surface area contributed by atoms with Crippen LogP contribution in [0.2, 0.25) is 0 Å². The molecule has 0 aliphatic rings. The van der Waals surface area contributed by atoms with Crippen molar-refractivity contribution in [3.05, 3.63) is 0 Å². The van der Waals surface area contributed by atoms with Crippen molar-refractivity contribution in [1.82, 2.24) is 5.32 Å². The van der Waals surface area contributed by atoms with E-state index in [1.54, 1.807) is 0 Å². The normalized spacial score (nSPS) is 18.4. The fraction of sp³-hybridized carbons (Fsp3) is 0.846. The van der Waals surface area contributed by atoms with Crippen LogP contribution < -0.4 is 5.32 Å². The molecule has 0 saturated heterocycles. The van der Waals surface area contributed by atoms with Gasteiger partial charge in [-0.3, -0.25) is 4.79 Å². The number of hydrogen-bond donors (Lipinski definition) is 7. The van der Waals surface area contributed by atoms with Crippen LogP contribution in [-0.4, -0.2) is 79.6 Å². The highest BCUT2D eigenvalue weighted by molar-refractivity contribution is 5.86. The number of carboxylic acids is 1. The van der Waals surface area contributed by atoms with Crippen LogP contribution in [0.1, 0.15) is 26.7 Å². The largest absolute Gasteiger partial charge is 0.480 e. The predicted octanol–water partition coefficient (Wildman–Crippen LogP) is -2.57. The highest BCUT2D eigenvalue weighted by Crippen LogP contribution is 2.09. The summed E-state index contributed by atoms with van der Waals surface area (Å²) in [5, 5.41) is 57.4. The molecule has 0 aromatic rings. The molecule has 5 unspecified atom stereocenters. The van der Waals surface area contributed by atoms with E-state index >= 15 is 0 Å². The van der Waals surface area contributed by atoms with E-state index in [-0.39, 0.29) is 12.3 Å². The summed E-state index contributed by atoms with van der Waals surface area (Å²) in [6.07, 6.45) is -7.23. The second-order valence-electron chi connectivity index (χ2n) is 5.55. The molecular weight excluding hydrogens is 298 g/mol. The Kier molecular flexibility index (Phi) is 9.14. The second-order valence-corrected chi connectivity index (χ2v) is 5.55.